The molecule has 126 valence electrons. The molecular weight excluding hydrogens is 312 g/mol. The summed E-state index contributed by atoms with van der Waals surface area (Å²) in [6.07, 6.45) is 1.42. The number of benzene rings is 2. The summed E-state index contributed by atoms with van der Waals surface area (Å²) < 4.78 is 5.65. The number of rotatable bonds is 2. The number of nitrogens with zero attached hydrogens (tertiary/aromatic N) is 2. The Morgan fingerprint density at radius 2 is 1.76 bits per heavy atom. The van der Waals surface area contributed by atoms with Gasteiger partial charge in [0, 0.05) is 19.0 Å². The quantitative estimate of drug-likeness (QED) is 0.829. The number of piperidine rings is 1. The Morgan fingerprint density at radius 3 is 2.40 bits per heavy atom. The summed E-state index contributed by atoms with van der Waals surface area (Å²) in [6, 6.07) is 18.9. The highest BCUT2D eigenvalue weighted by Crippen LogP contribution is 2.44. The topological polar surface area (TPSA) is 53.3 Å². The van der Waals surface area contributed by atoms with Gasteiger partial charge in [-0.25, -0.2) is 4.79 Å². The average molecular weight is 332 g/mol. The van der Waals surface area contributed by atoms with Crippen LogP contribution in [0.25, 0.3) is 11.1 Å². The predicted molar refractivity (Wildman–Crippen MR) is 95.0 cm³/mol. The first-order valence-corrected chi connectivity index (χ1v) is 8.77. The zero-order valence-electron chi connectivity index (χ0n) is 14.0. The number of nitriles is 1. The lowest BCUT2D eigenvalue weighted by atomic mass is 9.98. The van der Waals surface area contributed by atoms with Crippen molar-refractivity contribution in [3.05, 3.63) is 59.7 Å². The fourth-order valence-electron chi connectivity index (χ4n) is 3.93. The molecule has 2 aromatic rings. The van der Waals surface area contributed by atoms with Crippen LogP contribution < -0.4 is 0 Å². The van der Waals surface area contributed by atoms with E-state index < -0.39 is 0 Å². The summed E-state index contributed by atoms with van der Waals surface area (Å²) in [5.74, 6) is 0.00198. The van der Waals surface area contributed by atoms with Gasteiger partial charge >= 0.3 is 6.09 Å². The Bertz CT molecular complexity index is 794. The summed E-state index contributed by atoms with van der Waals surface area (Å²) >= 11 is 0. The highest BCUT2D eigenvalue weighted by molar-refractivity contribution is 5.79. The Hall–Kier alpha value is -2.80. The summed E-state index contributed by atoms with van der Waals surface area (Å²) in [4.78, 5) is 14.1. The van der Waals surface area contributed by atoms with Crippen molar-refractivity contribution in [1.82, 2.24) is 4.90 Å². The molecule has 1 atom stereocenters. The molecule has 4 nitrogen and oxygen atoms in total. The molecule has 1 heterocycles. The van der Waals surface area contributed by atoms with Crippen molar-refractivity contribution < 1.29 is 9.53 Å². The maximum absolute atomic E-state index is 12.4. The van der Waals surface area contributed by atoms with Gasteiger partial charge in [-0.05, 0) is 35.1 Å². The van der Waals surface area contributed by atoms with Gasteiger partial charge < -0.3 is 9.64 Å². The molecule has 4 heteroatoms. The average Bonchev–Trinajstić information content (AvgIpc) is 3.00. The van der Waals surface area contributed by atoms with E-state index in [0.717, 1.165) is 12.8 Å². The second-order valence-corrected chi connectivity index (χ2v) is 6.72. The number of carbonyl (C=O) groups excluding carboxylic acids is 1. The first-order chi connectivity index (χ1) is 12.3. The third-order valence-corrected chi connectivity index (χ3v) is 5.20. The fourth-order valence-corrected chi connectivity index (χ4v) is 3.93. The molecule has 0 bridgehead atoms. The minimum absolute atomic E-state index is 0.0748. The largest absolute Gasteiger partial charge is 0.448 e. The van der Waals surface area contributed by atoms with E-state index in [1.165, 1.54) is 22.3 Å². The van der Waals surface area contributed by atoms with Gasteiger partial charge in [0.2, 0.25) is 0 Å². The normalized spacial score (nSPS) is 19.0. The lowest BCUT2D eigenvalue weighted by molar-refractivity contribution is 0.0875. The van der Waals surface area contributed by atoms with Crippen molar-refractivity contribution in [2.75, 3.05) is 19.7 Å². The van der Waals surface area contributed by atoms with Gasteiger partial charge in [-0.15, -0.1) is 0 Å². The number of carbonyl (C=O) groups is 1. The number of hydrogen-bond acceptors (Lipinski definition) is 3. The van der Waals surface area contributed by atoms with Crippen LogP contribution in [0.5, 0.6) is 0 Å². The van der Waals surface area contributed by atoms with Crippen LogP contribution >= 0.6 is 0 Å². The molecule has 0 radical (unpaired) electrons. The van der Waals surface area contributed by atoms with E-state index in [1.807, 2.05) is 24.3 Å². The summed E-state index contributed by atoms with van der Waals surface area (Å²) in [7, 11) is 0. The second-order valence-electron chi connectivity index (χ2n) is 6.72. The maximum atomic E-state index is 12.4. The van der Waals surface area contributed by atoms with Gasteiger partial charge in [-0.3, -0.25) is 0 Å². The van der Waals surface area contributed by atoms with Crippen LogP contribution in [0.2, 0.25) is 0 Å². The Morgan fingerprint density at radius 1 is 1.12 bits per heavy atom. The number of likely N-dealkylation sites (tertiary alicyclic amines) is 1. The predicted octanol–water partition coefficient (Wildman–Crippen LogP) is 4.17. The molecule has 2 aliphatic rings. The lowest BCUT2D eigenvalue weighted by Crippen LogP contribution is -2.40. The third-order valence-electron chi connectivity index (χ3n) is 5.20. The van der Waals surface area contributed by atoms with E-state index >= 15 is 0 Å². The van der Waals surface area contributed by atoms with Crippen LogP contribution in [0.4, 0.5) is 4.79 Å². The molecule has 25 heavy (non-hydrogen) atoms. The molecule has 1 unspecified atom stereocenters. The minimum atomic E-state index is -0.304. The first kappa shape index (κ1) is 15.7. The number of hydrogen-bond donors (Lipinski definition) is 0. The standard InChI is InChI=1S/C21H20N2O2/c22-12-15-6-5-11-23(13-15)21(24)25-14-20-18-9-3-1-7-16(18)17-8-2-4-10-19(17)20/h1-4,7-10,15,20H,5-6,11,13-14H2. The van der Waals surface area contributed by atoms with Crippen molar-refractivity contribution in [3.63, 3.8) is 0 Å². The molecule has 0 spiro atoms. The summed E-state index contributed by atoms with van der Waals surface area (Å²) in [5.41, 5.74) is 4.87. The number of fused-ring (bicyclic) bond motifs is 3. The number of amides is 1. The van der Waals surface area contributed by atoms with Crippen molar-refractivity contribution in [1.29, 1.82) is 5.26 Å². The molecule has 1 fully saturated rings. The lowest BCUT2D eigenvalue weighted by Gasteiger charge is -2.29. The van der Waals surface area contributed by atoms with Gasteiger partial charge in [0.05, 0.1) is 12.0 Å². The first-order valence-electron chi connectivity index (χ1n) is 8.77. The molecule has 1 saturated heterocycles. The molecule has 0 saturated carbocycles. The molecular formula is C21H20N2O2. The molecule has 1 amide bonds. The van der Waals surface area contributed by atoms with Crippen LogP contribution in [0, 0.1) is 17.2 Å². The molecule has 2 aromatic carbocycles. The molecule has 0 N–H and O–H groups in total. The van der Waals surface area contributed by atoms with Gasteiger partial charge in [0.1, 0.15) is 6.61 Å². The van der Waals surface area contributed by atoms with Gasteiger partial charge in [-0.1, -0.05) is 48.5 Å². The number of ether oxygens (including phenoxy) is 1. The van der Waals surface area contributed by atoms with Crippen LogP contribution in [-0.2, 0) is 4.74 Å². The van der Waals surface area contributed by atoms with Crippen molar-refractivity contribution in [3.8, 4) is 17.2 Å². The monoisotopic (exact) mass is 332 g/mol. The summed E-state index contributed by atoms with van der Waals surface area (Å²) in [6.45, 7) is 1.49. The van der Waals surface area contributed by atoms with E-state index in [1.54, 1.807) is 4.90 Å². The molecule has 0 aromatic heterocycles. The smallest absolute Gasteiger partial charge is 0.409 e. The van der Waals surface area contributed by atoms with E-state index in [2.05, 4.69) is 30.3 Å². The second kappa shape index (κ2) is 6.60. The third kappa shape index (κ3) is 2.87. The Balaban J connectivity index is 1.50. The Labute approximate surface area is 147 Å². The minimum Gasteiger partial charge on any atom is -0.448 e. The highest BCUT2D eigenvalue weighted by atomic mass is 16.6. The van der Waals surface area contributed by atoms with Gasteiger partial charge in [0.25, 0.3) is 0 Å². The van der Waals surface area contributed by atoms with Crippen LogP contribution in [0.1, 0.15) is 29.9 Å². The van der Waals surface area contributed by atoms with E-state index in [0.29, 0.717) is 19.7 Å². The zero-order valence-corrected chi connectivity index (χ0v) is 14.0. The zero-order chi connectivity index (χ0) is 17.2. The van der Waals surface area contributed by atoms with Crippen LogP contribution in [0.15, 0.2) is 48.5 Å². The fraction of sp³-hybridized carbons (Fsp3) is 0.333. The van der Waals surface area contributed by atoms with E-state index in [-0.39, 0.29) is 17.9 Å². The van der Waals surface area contributed by atoms with Gasteiger partial charge in [-0.2, -0.15) is 5.26 Å². The van der Waals surface area contributed by atoms with Crippen molar-refractivity contribution >= 4 is 6.09 Å². The van der Waals surface area contributed by atoms with E-state index in [4.69, 9.17) is 10.00 Å². The molecule has 1 aliphatic carbocycles. The summed E-state index contributed by atoms with van der Waals surface area (Å²) in [5, 5.41) is 9.08. The van der Waals surface area contributed by atoms with Crippen molar-refractivity contribution in [2.24, 2.45) is 5.92 Å². The highest BCUT2D eigenvalue weighted by Gasteiger charge is 2.30. The SMILES string of the molecule is N#CC1CCCN(C(=O)OCC2c3ccccc3-c3ccccc32)C1. The maximum Gasteiger partial charge on any atom is 0.409 e. The van der Waals surface area contributed by atoms with Gasteiger partial charge in [0.15, 0.2) is 0 Å². The van der Waals surface area contributed by atoms with Crippen molar-refractivity contribution in [2.45, 2.75) is 18.8 Å². The van der Waals surface area contributed by atoms with E-state index in [9.17, 15) is 4.79 Å². The Kier molecular flexibility index (Phi) is 4.15. The van der Waals surface area contributed by atoms with Crippen LogP contribution in [0.3, 0.4) is 0 Å². The molecule has 4 rings (SSSR count). The van der Waals surface area contributed by atoms with Crippen LogP contribution in [-0.4, -0.2) is 30.7 Å². The molecule has 1 aliphatic heterocycles.